The van der Waals surface area contributed by atoms with E-state index in [2.05, 4.69) is 16.5 Å². The molecule has 3 N–H and O–H groups in total. The highest BCUT2D eigenvalue weighted by molar-refractivity contribution is 7.80. The Morgan fingerprint density at radius 2 is 2.07 bits per heavy atom. The summed E-state index contributed by atoms with van der Waals surface area (Å²) in [7, 11) is 1.30. The Balaban J connectivity index is 0.000000369. The molecule has 0 spiro atoms. The van der Waals surface area contributed by atoms with Gasteiger partial charge in [-0.1, -0.05) is 36.0 Å². The molecule has 0 amide bonds. The number of quaternary nitrogens is 1. The van der Waals surface area contributed by atoms with Crippen LogP contribution in [0.4, 0.5) is 0 Å². The minimum absolute atomic E-state index is 0.304. The highest BCUT2D eigenvalue weighted by atomic mass is 35.5. The summed E-state index contributed by atoms with van der Waals surface area (Å²) in [6.07, 6.45) is 4.36. The number of ether oxygens (including phenoxy) is 1. The van der Waals surface area contributed by atoms with E-state index in [9.17, 15) is 10.2 Å². The van der Waals surface area contributed by atoms with E-state index < -0.39 is 11.9 Å². The molecule has 1 unspecified atom stereocenters. The number of halogens is 1. The van der Waals surface area contributed by atoms with Gasteiger partial charge in [-0.25, -0.2) is 4.79 Å². The molecule has 2 heterocycles. The minimum atomic E-state index is -0.574. The third-order valence-electron chi connectivity index (χ3n) is 4.55. The highest BCUT2D eigenvalue weighted by Gasteiger charge is 2.34. The van der Waals surface area contributed by atoms with Gasteiger partial charge in [-0.15, -0.1) is 0 Å². The van der Waals surface area contributed by atoms with Crippen LogP contribution in [0.25, 0.3) is 5.41 Å². The maximum atomic E-state index is 12.1. The molecule has 0 aromatic heterocycles. The summed E-state index contributed by atoms with van der Waals surface area (Å²) < 4.78 is 4.83. The molecule has 0 bridgehead atoms. The number of rotatable bonds is 2. The molecule has 1 aromatic rings. The first-order chi connectivity index (χ1) is 13.0. The standard InChI is InChI=1S/C15H12ClN2O2S.C5H11N/c1-8-12(15(19)20-2)13(11(7-17)14(21)18-8)9-4-3-5-10(16)6-9;1-2-4-6-5-3-1/h3-6,13H,1-2H3,(H,18,21);6H,1-5H2/q-1;/p+1. The number of nitrogens with one attached hydrogen (secondary N) is 1. The van der Waals surface area contributed by atoms with Crippen molar-refractivity contribution in [1.29, 1.82) is 0 Å². The molecule has 27 heavy (non-hydrogen) atoms. The van der Waals surface area contributed by atoms with Crippen molar-refractivity contribution in [3.63, 3.8) is 0 Å². The summed E-state index contributed by atoms with van der Waals surface area (Å²) in [6, 6.07) is 7.01. The monoisotopic (exact) mass is 405 g/mol. The van der Waals surface area contributed by atoms with Crippen molar-refractivity contribution in [1.82, 2.24) is 5.32 Å². The van der Waals surface area contributed by atoms with Crippen LogP contribution in [0.3, 0.4) is 0 Å². The Morgan fingerprint density at radius 1 is 1.37 bits per heavy atom. The maximum Gasteiger partial charge on any atom is 0.336 e. The first-order valence-corrected chi connectivity index (χ1v) is 9.72. The first-order valence-electron chi connectivity index (χ1n) is 8.94. The number of esters is 1. The summed E-state index contributed by atoms with van der Waals surface area (Å²) in [5, 5.41) is 15.2. The van der Waals surface area contributed by atoms with E-state index in [-0.39, 0.29) is 0 Å². The van der Waals surface area contributed by atoms with E-state index in [1.165, 1.54) is 39.5 Å². The minimum Gasteiger partial charge on any atom is -0.763 e. The predicted octanol–water partition coefficient (Wildman–Crippen LogP) is 2.70. The van der Waals surface area contributed by atoms with Gasteiger partial charge in [-0.05, 0) is 43.9 Å². The van der Waals surface area contributed by atoms with Crippen LogP contribution in [0, 0.1) is 0 Å². The molecule has 1 saturated heterocycles. The van der Waals surface area contributed by atoms with Gasteiger partial charge in [0.25, 0.3) is 0 Å². The summed E-state index contributed by atoms with van der Waals surface area (Å²) >= 11 is 11.2. The van der Waals surface area contributed by atoms with Crippen molar-refractivity contribution in [2.75, 3.05) is 20.2 Å². The van der Waals surface area contributed by atoms with E-state index in [4.69, 9.17) is 28.6 Å². The van der Waals surface area contributed by atoms with Gasteiger partial charge in [0.15, 0.2) is 0 Å². The second-order valence-corrected chi connectivity index (χ2v) is 7.27. The van der Waals surface area contributed by atoms with Crippen LogP contribution in [0.15, 0.2) is 41.1 Å². The second-order valence-electron chi connectivity index (χ2n) is 6.42. The molecule has 3 rings (SSSR count). The fourth-order valence-corrected chi connectivity index (χ4v) is 3.73. The Kier molecular flexibility index (Phi) is 8.20. The van der Waals surface area contributed by atoms with Crippen molar-refractivity contribution >= 4 is 40.6 Å². The lowest BCUT2D eigenvalue weighted by molar-refractivity contribution is -0.662. The van der Waals surface area contributed by atoms with E-state index in [0.717, 1.165) is 5.56 Å². The molecule has 2 aliphatic rings. The number of hydrogen-bond acceptors (Lipinski definition) is 3. The number of allylic oxidation sites excluding steroid dienone is 1. The Morgan fingerprint density at radius 3 is 2.56 bits per heavy atom. The van der Waals surface area contributed by atoms with Gasteiger partial charge in [0, 0.05) is 16.3 Å². The van der Waals surface area contributed by atoms with Crippen LogP contribution in [0.1, 0.15) is 37.7 Å². The predicted molar refractivity (Wildman–Crippen MR) is 112 cm³/mol. The lowest BCUT2D eigenvalue weighted by atomic mass is 9.81. The van der Waals surface area contributed by atoms with Crippen LogP contribution >= 0.6 is 23.8 Å². The molecule has 7 heteroatoms. The fourth-order valence-electron chi connectivity index (χ4n) is 3.21. The SMILES string of the molecule is C1CC[NH2+]CC1.COC(=O)C1=C(C)NC(=S)C(=C=[N-])C1c1cccc(Cl)c1. The summed E-state index contributed by atoms with van der Waals surface area (Å²) in [4.78, 5) is 12.4. The van der Waals surface area contributed by atoms with Gasteiger partial charge in [0.1, 0.15) is 4.99 Å². The maximum absolute atomic E-state index is 12.1. The molecular weight excluding hydrogens is 382 g/mol. The zero-order chi connectivity index (χ0) is 19.8. The van der Waals surface area contributed by atoms with Gasteiger partial charge in [-0.2, -0.15) is 0 Å². The molecule has 0 saturated carbocycles. The van der Waals surface area contributed by atoms with Gasteiger partial charge < -0.3 is 20.8 Å². The van der Waals surface area contributed by atoms with Crippen molar-refractivity contribution in [2.24, 2.45) is 0 Å². The number of nitrogens with zero attached hydrogens (tertiary/aromatic N) is 1. The van der Waals surface area contributed by atoms with Crippen molar-refractivity contribution in [3.8, 4) is 0 Å². The molecule has 0 aliphatic carbocycles. The third kappa shape index (κ3) is 5.50. The first kappa shape index (κ1) is 21.3. The fraction of sp³-hybridized carbons (Fsp3) is 0.400. The summed E-state index contributed by atoms with van der Waals surface area (Å²) in [5.41, 5.74) is 1.97. The molecular formula is C20H24ClN3O2S. The van der Waals surface area contributed by atoms with Gasteiger partial charge in [0.2, 0.25) is 0 Å². The topological polar surface area (TPSA) is 77.2 Å². The Hall–Kier alpha value is -1.98. The number of nitrogens with two attached hydrogens (primary N) is 1. The average Bonchev–Trinajstić information content (AvgIpc) is 2.68. The molecule has 1 fully saturated rings. The smallest absolute Gasteiger partial charge is 0.336 e. The number of hydrogen-bond donors (Lipinski definition) is 2. The van der Waals surface area contributed by atoms with Crippen molar-refractivity contribution in [2.45, 2.75) is 32.1 Å². The number of carbonyl (C=O) groups excluding carboxylic acids is 1. The molecule has 1 aromatic carbocycles. The van der Waals surface area contributed by atoms with Crippen molar-refractivity contribution < 1.29 is 14.8 Å². The zero-order valence-corrected chi connectivity index (χ0v) is 17.1. The number of methoxy groups -OCH3 is 1. The van der Waals surface area contributed by atoms with Crippen LogP contribution < -0.4 is 10.6 Å². The molecule has 1 atom stereocenters. The summed E-state index contributed by atoms with van der Waals surface area (Å²) in [5.74, 6) is 1.01. The van der Waals surface area contributed by atoms with Crippen molar-refractivity contribution in [3.05, 3.63) is 57.1 Å². The van der Waals surface area contributed by atoms with E-state index >= 15 is 0 Å². The van der Waals surface area contributed by atoms with E-state index in [0.29, 0.717) is 26.9 Å². The quantitative estimate of drug-likeness (QED) is 0.343. The number of piperidine rings is 1. The Bertz CT molecular complexity index is 785. The van der Waals surface area contributed by atoms with Crippen LogP contribution in [0.5, 0.6) is 0 Å². The number of carbonyl (C=O) groups is 1. The summed E-state index contributed by atoms with van der Waals surface area (Å²) in [6.45, 7) is 4.48. The average molecular weight is 406 g/mol. The van der Waals surface area contributed by atoms with Crippen LogP contribution in [-0.4, -0.2) is 37.0 Å². The second kappa shape index (κ2) is 10.4. The lowest BCUT2D eigenvalue weighted by Crippen LogP contribution is -2.85. The number of benzene rings is 1. The van der Waals surface area contributed by atoms with Gasteiger partial charge in [-0.3, -0.25) is 5.87 Å². The van der Waals surface area contributed by atoms with E-state index in [1.54, 1.807) is 31.2 Å². The number of thiocarbonyl (C=S) groups is 1. The molecule has 0 radical (unpaired) electrons. The largest absolute Gasteiger partial charge is 0.763 e. The van der Waals surface area contributed by atoms with Crippen LogP contribution in [-0.2, 0) is 9.53 Å². The normalized spacial score (nSPS) is 19.4. The Labute approximate surface area is 170 Å². The van der Waals surface area contributed by atoms with Gasteiger partial charge in [0.05, 0.1) is 31.7 Å². The molecule has 2 aliphatic heterocycles. The molecule has 5 nitrogen and oxygen atoms in total. The highest BCUT2D eigenvalue weighted by Crippen LogP contribution is 2.37. The van der Waals surface area contributed by atoms with Gasteiger partial charge >= 0.3 is 5.97 Å². The zero-order valence-electron chi connectivity index (χ0n) is 15.5. The van der Waals surface area contributed by atoms with E-state index in [1.807, 2.05) is 0 Å². The van der Waals surface area contributed by atoms with Crippen LogP contribution in [0.2, 0.25) is 5.02 Å². The molecule has 144 valence electrons. The third-order valence-corrected chi connectivity index (χ3v) is 5.11. The lowest BCUT2D eigenvalue weighted by Gasteiger charge is -2.30.